The summed E-state index contributed by atoms with van der Waals surface area (Å²) in [5.74, 6) is 0.784. The molecule has 2 aliphatic carbocycles. The minimum absolute atomic E-state index is 0.497. The first-order chi connectivity index (χ1) is 7.26. The van der Waals surface area contributed by atoms with Crippen LogP contribution in [0.5, 0.6) is 0 Å². The lowest BCUT2D eigenvalue weighted by atomic mass is 9.71. The minimum atomic E-state index is 0.497. The van der Waals surface area contributed by atoms with E-state index in [1.807, 2.05) is 0 Å². The molecule has 0 radical (unpaired) electrons. The summed E-state index contributed by atoms with van der Waals surface area (Å²) >= 11 is 3.64. The third-order valence-corrected chi connectivity index (χ3v) is 5.52. The lowest BCUT2D eigenvalue weighted by molar-refractivity contribution is -0.0644. The first-order valence-corrected chi connectivity index (χ1v) is 7.55. The molecule has 2 atom stereocenters. The molecule has 2 fully saturated rings. The molecule has 0 aromatic carbocycles. The molecule has 0 bridgehead atoms. The van der Waals surface area contributed by atoms with E-state index in [4.69, 9.17) is 4.74 Å². The Kier molecular flexibility index (Phi) is 4.11. The van der Waals surface area contributed by atoms with Crippen molar-refractivity contribution in [1.29, 1.82) is 0 Å². The van der Waals surface area contributed by atoms with Gasteiger partial charge in [0.2, 0.25) is 0 Å². The highest BCUT2D eigenvalue weighted by Crippen LogP contribution is 2.43. The van der Waals surface area contributed by atoms with Crippen LogP contribution in [0.2, 0.25) is 0 Å². The van der Waals surface area contributed by atoms with E-state index < -0.39 is 0 Å². The van der Waals surface area contributed by atoms with Crippen LogP contribution in [-0.4, -0.2) is 18.0 Å². The van der Waals surface area contributed by atoms with Gasteiger partial charge in [0, 0.05) is 10.7 Å². The molecule has 0 aromatic rings. The Bertz CT molecular complexity index is 195. The molecule has 2 unspecified atom stereocenters. The van der Waals surface area contributed by atoms with Gasteiger partial charge < -0.3 is 4.74 Å². The minimum Gasteiger partial charge on any atom is -0.377 e. The Labute approximate surface area is 102 Å². The predicted octanol–water partition coefficient (Wildman–Crippen LogP) is 4.15. The van der Waals surface area contributed by atoms with Gasteiger partial charge in [-0.05, 0) is 31.6 Å². The molecule has 0 aromatic heterocycles. The number of alkyl halides is 1. The molecule has 0 aliphatic heterocycles. The van der Waals surface area contributed by atoms with Gasteiger partial charge in [-0.25, -0.2) is 0 Å². The van der Waals surface area contributed by atoms with Gasteiger partial charge in [0.15, 0.2) is 0 Å². The third-order valence-electron chi connectivity index (χ3n) is 4.33. The Morgan fingerprint density at radius 3 is 2.47 bits per heavy atom. The van der Waals surface area contributed by atoms with Crippen molar-refractivity contribution >= 4 is 15.9 Å². The molecule has 2 heteroatoms. The van der Waals surface area contributed by atoms with E-state index in [9.17, 15) is 0 Å². The maximum Gasteiger partial charge on any atom is 0.0600 e. The van der Waals surface area contributed by atoms with Crippen molar-refractivity contribution < 1.29 is 4.74 Å². The van der Waals surface area contributed by atoms with E-state index in [1.165, 1.54) is 44.9 Å². The highest BCUT2D eigenvalue weighted by atomic mass is 79.9. The summed E-state index contributed by atoms with van der Waals surface area (Å²) in [7, 11) is 0. The Hall–Kier alpha value is 0.440. The molecule has 15 heavy (non-hydrogen) atoms. The molecule has 0 N–H and O–H groups in total. The molecular weight excluding hydrogens is 252 g/mol. The Morgan fingerprint density at radius 2 is 1.93 bits per heavy atom. The number of hydrogen-bond acceptors (Lipinski definition) is 1. The van der Waals surface area contributed by atoms with Gasteiger partial charge in [0.25, 0.3) is 0 Å². The van der Waals surface area contributed by atoms with Crippen molar-refractivity contribution in [3.63, 3.8) is 0 Å². The highest BCUT2D eigenvalue weighted by molar-refractivity contribution is 9.09. The normalized spacial score (nSPS) is 34.8. The van der Waals surface area contributed by atoms with Gasteiger partial charge in [0.05, 0.1) is 12.7 Å². The lowest BCUT2D eigenvalue weighted by Crippen LogP contribution is -2.39. The summed E-state index contributed by atoms with van der Waals surface area (Å²) in [6.45, 7) is 3.35. The van der Waals surface area contributed by atoms with Crippen molar-refractivity contribution in [1.82, 2.24) is 0 Å². The average molecular weight is 275 g/mol. The molecule has 88 valence electrons. The molecule has 2 saturated carbocycles. The Balaban J connectivity index is 1.76. The maximum absolute atomic E-state index is 6.16. The smallest absolute Gasteiger partial charge is 0.0600 e. The molecular formula is C13H23BrO. The first kappa shape index (κ1) is 11.9. The van der Waals surface area contributed by atoms with E-state index in [0.29, 0.717) is 11.5 Å². The van der Waals surface area contributed by atoms with Crippen LogP contribution in [0.15, 0.2) is 0 Å². The van der Waals surface area contributed by atoms with Gasteiger partial charge in [-0.3, -0.25) is 0 Å². The summed E-state index contributed by atoms with van der Waals surface area (Å²) in [5.41, 5.74) is 0.497. The number of hydrogen-bond donors (Lipinski definition) is 0. The maximum atomic E-state index is 6.16. The fourth-order valence-electron chi connectivity index (χ4n) is 2.81. The standard InChI is InChI=1S/C13H23BrO/c1-11-5-2-3-6-12(11)15-10-13(9-14)7-4-8-13/h11-12H,2-10H2,1H3. The molecule has 0 amide bonds. The second-order valence-electron chi connectivity index (χ2n) is 5.60. The summed E-state index contributed by atoms with van der Waals surface area (Å²) in [6, 6.07) is 0. The number of rotatable bonds is 4. The van der Waals surface area contributed by atoms with Crippen LogP contribution >= 0.6 is 15.9 Å². The first-order valence-electron chi connectivity index (χ1n) is 6.43. The van der Waals surface area contributed by atoms with Crippen molar-refractivity contribution in [2.45, 2.75) is 58.0 Å². The van der Waals surface area contributed by atoms with Gasteiger partial charge >= 0.3 is 0 Å². The zero-order chi connectivity index (χ0) is 10.7. The van der Waals surface area contributed by atoms with E-state index in [1.54, 1.807) is 0 Å². The molecule has 2 aliphatic rings. The van der Waals surface area contributed by atoms with Gasteiger partial charge in [-0.2, -0.15) is 0 Å². The number of halogens is 1. The van der Waals surface area contributed by atoms with Crippen LogP contribution < -0.4 is 0 Å². The molecule has 1 nitrogen and oxygen atoms in total. The van der Waals surface area contributed by atoms with Crippen molar-refractivity contribution in [2.24, 2.45) is 11.3 Å². The summed E-state index contributed by atoms with van der Waals surface area (Å²) in [6.07, 6.45) is 10.1. The van der Waals surface area contributed by atoms with E-state index in [0.717, 1.165) is 17.9 Å². The monoisotopic (exact) mass is 274 g/mol. The molecule has 0 spiro atoms. The topological polar surface area (TPSA) is 9.23 Å². The highest BCUT2D eigenvalue weighted by Gasteiger charge is 2.37. The zero-order valence-corrected chi connectivity index (χ0v) is 11.4. The SMILES string of the molecule is CC1CCCCC1OCC1(CBr)CCC1. The van der Waals surface area contributed by atoms with Crippen molar-refractivity contribution in [3.05, 3.63) is 0 Å². The van der Waals surface area contributed by atoms with Crippen LogP contribution in [-0.2, 0) is 4.74 Å². The van der Waals surface area contributed by atoms with Crippen LogP contribution in [0, 0.1) is 11.3 Å². The summed E-state index contributed by atoms with van der Waals surface area (Å²) < 4.78 is 6.16. The summed E-state index contributed by atoms with van der Waals surface area (Å²) in [4.78, 5) is 0. The Morgan fingerprint density at radius 1 is 1.20 bits per heavy atom. The fraction of sp³-hybridized carbons (Fsp3) is 1.00. The largest absolute Gasteiger partial charge is 0.377 e. The molecule has 0 heterocycles. The lowest BCUT2D eigenvalue weighted by Gasteiger charge is -2.42. The van der Waals surface area contributed by atoms with Gasteiger partial charge in [0.1, 0.15) is 0 Å². The number of ether oxygens (including phenoxy) is 1. The second-order valence-corrected chi connectivity index (χ2v) is 6.16. The average Bonchev–Trinajstić information content (AvgIpc) is 2.19. The van der Waals surface area contributed by atoms with Crippen LogP contribution in [0.1, 0.15) is 51.9 Å². The zero-order valence-electron chi connectivity index (χ0n) is 9.80. The van der Waals surface area contributed by atoms with E-state index in [2.05, 4.69) is 22.9 Å². The van der Waals surface area contributed by atoms with Crippen molar-refractivity contribution in [3.8, 4) is 0 Å². The molecule has 0 saturated heterocycles. The fourth-order valence-corrected chi connectivity index (χ4v) is 3.53. The van der Waals surface area contributed by atoms with Gasteiger partial charge in [-0.1, -0.05) is 42.1 Å². The van der Waals surface area contributed by atoms with E-state index >= 15 is 0 Å². The third kappa shape index (κ3) is 2.76. The summed E-state index contributed by atoms with van der Waals surface area (Å²) in [5, 5.41) is 1.13. The van der Waals surface area contributed by atoms with Crippen LogP contribution in [0.4, 0.5) is 0 Å². The van der Waals surface area contributed by atoms with Crippen molar-refractivity contribution in [2.75, 3.05) is 11.9 Å². The second kappa shape index (κ2) is 5.18. The van der Waals surface area contributed by atoms with Crippen LogP contribution in [0.3, 0.4) is 0 Å². The predicted molar refractivity (Wildman–Crippen MR) is 67.5 cm³/mol. The van der Waals surface area contributed by atoms with Gasteiger partial charge in [-0.15, -0.1) is 0 Å². The van der Waals surface area contributed by atoms with E-state index in [-0.39, 0.29) is 0 Å². The molecule has 2 rings (SSSR count). The quantitative estimate of drug-likeness (QED) is 0.700. The van der Waals surface area contributed by atoms with Crippen LogP contribution in [0.25, 0.3) is 0 Å².